The molecular weight excluding hydrogens is 345 g/mol. The number of nitrogens with one attached hydrogen (secondary N) is 1. The van der Waals surface area contributed by atoms with E-state index in [2.05, 4.69) is 27.2 Å². The molecule has 24 heavy (non-hydrogen) atoms. The highest BCUT2D eigenvalue weighted by Gasteiger charge is 2.19. The molecule has 126 valence electrons. The Hall–Kier alpha value is -1.69. The first-order valence-electron chi connectivity index (χ1n) is 7.88. The Balaban J connectivity index is 1.48. The lowest BCUT2D eigenvalue weighted by Gasteiger charge is -2.36. The molecule has 1 N–H and O–H groups in total. The standard InChI is InChI=1S/C18H19ClFN3S/c19-15-3-1-14(2-4-15)13-22-9-11-23(12-10-22)18(24)21-17-7-5-16(20)6-8-17/h1-8H,9-13H2,(H,21,24). The van der Waals surface area contributed by atoms with Crippen LogP contribution in [0.1, 0.15) is 5.56 Å². The largest absolute Gasteiger partial charge is 0.346 e. The molecule has 1 fully saturated rings. The van der Waals surface area contributed by atoms with Crippen LogP contribution < -0.4 is 5.32 Å². The topological polar surface area (TPSA) is 18.5 Å². The Kier molecular flexibility index (Phi) is 5.66. The first-order valence-corrected chi connectivity index (χ1v) is 8.67. The first-order chi connectivity index (χ1) is 11.6. The minimum Gasteiger partial charge on any atom is -0.346 e. The highest BCUT2D eigenvalue weighted by atomic mass is 35.5. The van der Waals surface area contributed by atoms with Gasteiger partial charge in [-0.2, -0.15) is 0 Å². The molecule has 1 aliphatic rings. The Morgan fingerprint density at radius 1 is 1.00 bits per heavy atom. The Morgan fingerprint density at radius 3 is 2.25 bits per heavy atom. The van der Waals surface area contributed by atoms with Crippen molar-refractivity contribution in [1.29, 1.82) is 0 Å². The van der Waals surface area contributed by atoms with Crippen LogP contribution in [0, 0.1) is 5.82 Å². The van der Waals surface area contributed by atoms with E-state index in [0.29, 0.717) is 5.11 Å². The fourth-order valence-corrected chi connectivity index (χ4v) is 3.12. The third-order valence-corrected chi connectivity index (χ3v) is 4.69. The summed E-state index contributed by atoms with van der Waals surface area (Å²) in [4.78, 5) is 4.55. The van der Waals surface area contributed by atoms with Gasteiger partial charge in [-0.25, -0.2) is 4.39 Å². The van der Waals surface area contributed by atoms with Gasteiger partial charge in [0.25, 0.3) is 0 Å². The predicted molar refractivity (Wildman–Crippen MR) is 101 cm³/mol. The molecule has 0 saturated carbocycles. The zero-order chi connectivity index (χ0) is 16.9. The van der Waals surface area contributed by atoms with Crippen LogP contribution in [0.25, 0.3) is 0 Å². The third-order valence-electron chi connectivity index (χ3n) is 4.07. The van der Waals surface area contributed by atoms with Crippen LogP contribution in [0.4, 0.5) is 10.1 Å². The van der Waals surface area contributed by atoms with Crippen molar-refractivity contribution in [2.45, 2.75) is 6.54 Å². The van der Waals surface area contributed by atoms with E-state index in [0.717, 1.165) is 43.4 Å². The minimum absolute atomic E-state index is 0.248. The molecular formula is C18H19ClFN3S. The fourth-order valence-electron chi connectivity index (χ4n) is 2.69. The highest BCUT2D eigenvalue weighted by molar-refractivity contribution is 7.80. The van der Waals surface area contributed by atoms with E-state index < -0.39 is 0 Å². The summed E-state index contributed by atoms with van der Waals surface area (Å²) in [5, 5.41) is 4.62. The number of rotatable bonds is 3. The van der Waals surface area contributed by atoms with E-state index in [9.17, 15) is 4.39 Å². The van der Waals surface area contributed by atoms with E-state index in [-0.39, 0.29) is 5.82 Å². The molecule has 0 radical (unpaired) electrons. The molecule has 1 heterocycles. The summed E-state index contributed by atoms with van der Waals surface area (Å²) in [7, 11) is 0. The monoisotopic (exact) mass is 363 g/mol. The summed E-state index contributed by atoms with van der Waals surface area (Å²) in [5.74, 6) is -0.248. The van der Waals surface area contributed by atoms with Crippen LogP contribution in [0.5, 0.6) is 0 Å². The molecule has 0 aromatic heterocycles. The molecule has 2 aromatic rings. The van der Waals surface area contributed by atoms with Crippen molar-refractivity contribution in [1.82, 2.24) is 9.80 Å². The maximum atomic E-state index is 12.9. The third kappa shape index (κ3) is 4.66. The van der Waals surface area contributed by atoms with Crippen molar-refractivity contribution >= 4 is 34.6 Å². The summed E-state index contributed by atoms with van der Waals surface area (Å²) in [6, 6.07) is 14.2. The summed E-state index contributed by atoms with van der Waals surface area (Å²) in [5.41, 5.74) is 2.07. The molecule has 0 amide bonds. The van der Waals surface area contributed by atoms with Crippen molar-refractivity contribution in [3.05, 3.63) is 64.9 Å². The zero-order valence-corrected chi connectivity index (χ0v) is 14.8. The van der Waals surface area contributed by atoms with Crippen molar-refractivity contribution in [2.75, 3.05) is 31.5 Å². The second-order valence-electron chi connectivity index (χ2n) is 5.83. The molecule has 0 bridgehead atoms. The summed E-state index contributed by atoms with van der Waals surface area (Å²) in [6.45, 7) is 4.58. The Morgan fingerprint density at radius 2 is 1.62 bits per heavy atom. The van der Waals surface area contributed by atoms with Gasteiger partial charge in [-0.1, -0.05) is 23.7 Å². The highest BCUT2D eigenvalue weighted by Crippen LogP contribution is 2.14. The number of anilines is 1. The molecule has 2 aromatic carbocycles. The summed E-state index contributed by atoms with van der Waals surface area (Å²) < 4.78 is 12.9. The second-order valence-corrected chi connectivity index (χ2v) is 6.65. The number of piperazine rings is 1. The first kappa shape index (κ1) is 17.1. The van der Waals surface area contributed by atoms with E-state index in [1.54, 1.807) is 12.1 Å². The van der Waals surface area contributed by atoms with Gasteiger partial charge >= 0.3 is 0 Å². The number of thiocarbonyl (C=S) groups is 1. The van der Waals surface area contributed by atoms with E-state index in [4.69, 9.17) is 23.8 Å². The second kappa shape index (κ2) is 7.92. The van der Waals surface area contributed by atoms with Gasteiger partial charge in [0.15, 0.2) is 5.11 Å². The average Bonchev–Trinajstić information content (AvgIpc) is 2.59. The summed E-state index contributed by atoms with van der Waals surface area (Å²) >= 11 is 11.4. The van der Waals surface area contributed by atoms with E-state index in [1.807, 2.05) is 12.1 Å². The van der Waals surface area contributed by atoms with Gasteiger partial charge in [-0.05, 0) is 54.2 Å². The van der Waals surface area contributed by atoms with Crippen LogP contribution in [0.2, 0.25) is 5.02 Å². The summed E-state index contributed by atoms with van der Waals surface area (Å²) in [6.07, 6.45) is 0. The quantitative estimate of drug-likeness (QED) is 0.830. The lowest BCUT2D eigenvalue weighted by Crippen LogP contribution is -2.49. The SMILES string of the molecule is Fc1ccc(NC(=S)N2CCN(Cc3ccc(Cl)cc3)CC2)cc1. The molecule has 3 rings (SSSR count). The molecule has 1 saturated heterocycles. The van der Waals surface area contributed by atoms with E-state index >= 15 is 0 Å². The van der Waals surface area contributed by atoms with Gasteiger partial charge in [-0.15, -0.1) is 0 Å². The van der Waals surface area contributed by atoms with Crippen LogP contribution in [-0.2, 0) is 6.54 Å². The number of nitrogens with zero attached hydrogens (tertiary/aromatic N) is 2. The lowest BCUT2D eigenvalue weighted by molar-refractivity contribution is 0.177. The van der Waals surface area contributed by atoms with Crippen LogP contribution in [-0.4, -0.2) is 41.1 Å². The van der Waals surface area contributed by atoms with Gasteiger partial charge in [-0.3, -0.25) is 4.90 Å². The van der Waals surface area contributed by atoms with E-state index in [1.165, 1.54) is 17.7 Å². The van der Waals surface area contributed by atoms with Crippen molar-refractivity contribution < 1.29 is 4.39 Å². The van der Waals surface area contributed by atoms with Crippen LogP contribution in [0.3, 0.4) is 0 Å². The van der Waals surface area contributed by atoms with Gasteiger partial charge < -0.3 is 10.2 Å². The smallest absolute Gasteiger partial charge is 0.173 e. The average molecular weight is 364 g/mol. The maximum Gasteiger partial charge on any atom is 0.173 e. The lowest BCUT2D eigenvalue weighted by atomic mass is 10.2. The van der Waals surface area contributed by atoms with Crippen molar-refractivity contribution in [3.8, 4) is 0 Å². The zero-order valence-electron chi connectivity index (χ0n) is 13.2. The van der Waals surface area contributed by atoms with Gasteiger partial charge in [0.1, 0.15) is 5.82 Å². The fraction of sp³-hybridized carbons (Fsp3) is 0.278. The van der Waals surface area contributed by atoms with Gasteiger partial charge in [0.05, 0.1) is 0 Å². The minimum atomic E-state index is -0.248. The van der Waals surface area contributed by atoms with Crippen molar-refractivity contribution in [2.24, 2.45) is 0 Å². The molecule has 3 nitrogen and oxygen atoms in total. The number of benzene rings is 2. The molecule has 1 aliphatic heterocycles. The normalized spacial score (nSPS) is 15.3. The molecule has 0 spiro atoms. The Bertz CT molecular complexity index is 682. The number of halogens is 2. The number of hydrogen-bond acceptors (Lipinski definition) is 2. The Labute approximate surface area is 152 Å². The maximum absolute atomic E-state index is 12.9. The predicted octanol–water partition coefficient (Wildman–Crippen LogP) is 3.99. The molecule has 6 heteroatoms. The van der Waals surface area contributed by atoms with Crippen LogP contribution >= 0.6 is 23.8 Å². The van der Waals surface area contributed by atoms with Gasteiger partial charge in [0.2, 0.25) is 0 Å². The van der Waals surface area contributed by atoms with Crippen LogP contribution in [0.15, 0.2) is 48.5 Å². The molecule has 0 aliphatic carbocycles. The van der Waals surface area contributed by atoms with Gasteiger partial charge in [0, 0.05) is 43.4 Å². The van der Waals surface area contributed by atoms with Crippen molar-refractivity contribution in [3.63, 3.8) is 0 Å². The molecule has 0 atom stereocenters. The molecule has 0 unspecified atom stereocenters. The number of hydrogen-bond donors (Lipinski definition) is 1.